The summed E-state index contributed by atoms with van der Waals surface area (Å²) in [7, 11) is 0. The molecule has 1 saturated heterocycles. The molecule has 2 heterocycles. The van der Waals surface area contributed by atoms with Gasteiger partial charge in [0.15, 0.2) is 0 Å². The number of nitrogens with zero attached hydrogens (tertiary/aromatic N) is 1. The zero-order chi connectivity index (χ0) is 15.4. The summed E-state index contributed by atoms with van der Waals surface area (Å²) in [4.78, 5) is 15.4. The Labute approximate surface area is 140 Å². The van der Waals surface area contributed by atoms with Crippen LogP contribution in [0.25, 0.3) is 10.1 Å². The van der Waals surface area contributed by atoms with Gasteiger partial charge in [-0.15, -0.1) is 11.3 Å². The SMILES string of the molecule is O=C(NCCN1CCCCCC1)c1sc2ccccc2c1Cl. The molecule has 0 unspecified atom stereocenters. The summed E-state index contributed by atoms with van der Waals surface area (Å²) >= 11 is 7.80. The predicted octanol–water partition coefficient (Wildman–Crippen LogP) is 4.16. The van der Waals surface area contributed by atoms with Crippen molar-refractivity contribution in [1.82, 2.24) is 10.2 Å². The van der Waals surface area contributed by atoms with Crippen molar-refractivity contribution in [2.24, 2.45) is 0 Å². The summed E-state index contributed by atoms with van der Waals surface area (Å²) in [6.45, 7) is 3.91. The van der Waals surface area contributed by atoms with Crippen molar-refractivity contribution in [2.45, 2.75) is 25.7 Å². The second-order valence-corrected chi connectivity index (χ2v) is 7.18. The van der Waals surface area contributed by atoms with Crippen LogP contribution in [0.1, 0.15) is 35.4 Å². The van der Waals surface area contributed by atoms with Crippen molar-refractivity contribution in [1.29, 1.82) is 0 Å². The summed E-state index contributed by atoms with van der Waals surface area (Å²) in [6, 6.07) is 7.88. The number of benzene rings is 1. The zero-order valence-corrected chi connectivity index (χ0v) is 14.2. The Balaban J connectivity index is 1.58. The van der Waals surface area contributed by atoms with E-state index in [2.05, 4.69) is 10.2 Å². The third-order valence-electron chi connectivity index (χ3n) is 4.15. The van der Waals surface area contributed by atoms with Gasteiger partial charge in [0.25, 0.3) is 5.91 Å². The molecular weight excluding hydrogens is 316 g/mol. The molecule has 3 nitrogen and oxygen atoms in total. The number of hydrogen-bond donors (Lipinski definition) is 1. The largest absolute Gasteiger partial charge is 0.350 e. The molecule has 0 atom stereocenters. The minimum Gasteiger partial charge on any atom is -0.350 e. The lowest BCUT2D eigenvalue weighted by Crippen LogP contribution is -2.35. The maximum absolute atomic E-state index is 12.3. The number of carbonyl (C=O) groups is 1. The zero-order valence-electron chi connectivity index (χ0n) is 12.6. The Morgan fingerprint density at radius 3 is 2.64 bits per heavy atom. The summed E-state index contributed by atoms with van der Waals surface area (Å²) < 4.78 is 1.06. The van der Waals surface area contributed by atoms with Crippen molar-refractivity contribution < 1.29 is 4.79 Å². The van der Waals surface area contributed by atoms with E-state index >= 15 is 0 Å². The van der Waals surface area contributed by atoms with Crippen LogP contribution in [0.5, 0.6) is 0 Å². The lowest BCUT2D eigenvalue weighted by atomic mass is 10.2. The maximum atomic E-state index is 12.3. The average Bonchev–Trinajstić information content (AvgIpc) is 2.71. The van der Waals surface area contributed by atoms with Gasteiger partial charge >= 0.3 is 0 Å². The predicted molar refractivity (Wildman–Crippen MR) is 94.1 cm³/mol. The van der Waals surface area contributed by atoms with E-state index in [4.69, 9.17) is 11.6 Å². The normalized spacial score (nSPS) is 16.6. The maximum Gasteiger partial charge on any atom is 0.262 e. The Morgan fingerprint density at radius 2 is 1.91 bits per heavy atom. The number of amides is 1. The number of likely N-dealkylation sites (tertiary alicyclic amines) is 1. The van der Waals surface area contributed by atoms with Gasteiger partial charge in [-0.1, -0.05) is 42.6 Å². The summed E-state index contributed by atoms with van der Waals surface area (Å²) in [5.74, 6) is -0.0546. The Bertz CT molecular complexity index is 647. The molecule has 1 amide bonds. The first-order valence-corrected chi connectivity index (χ1v) is 9.13. The van der Waals surface area contributed by atoms with E-state index in [-0.39, 0.29) is 5.91 Å². The molecule has 3 rings (SSSR count). The van der Waals surface area contributed by atoms with E-state index in [0.29, 0.717) is 16.4 Å². The van der Waals surface area contributed by atoms with Crippen LogP contribution in [-0.4, -0.2) is 37.0 Å². The second kappa shape index (κ2) is 7.44. The molecule has 1 aliphatic heterocycles. The molecule has 22 heavy (non-hydrogen) atoms. The Morgan fingerprint density at radius 1 is 1.18 bits per heavy atom. The molecule has 0 bridgehead atoms. The number of fused-ring (bicyclic) bond motifs is 1. The highest BCUT2D eigenvalue weighted by molar-refractivity contribution is 7.21. The van der Waals surface area contributed by atoms with E-state index < -0.39 is 0 Å². The number of thiophene rings is 1. The second-order valence-electron chi connectivity index (χ2n) is 5.75. The van der Waals surface area contributed by atoms with Gasteiger partial charge in [-0.2, -0.15) is 0 Å². The number of carbonyl (C=O) groups excluding carboxylic acids is 1. The fourth-order valence-corrected chi connectivity index (χ4v) is 4.36. The number of hydrogen-bond acceptors (Lipinski definition) is 3. The first-order valence-electron chi connectivity index (χ1n) is 7.93. The van der Waals surface area contributed by atoms with Gasteiger partial charge in [-0.05, 0) is 32.0 Å². The molecule has 1 aliphatic rings. The van der Waals surface area contributed by atoms with Gasteiger partial charge in [-0.25, -0.2) is 0 Å². The van der Waals surface area contributed by atoms with Gasteiger partial charge < -0.3 is 10.2 Å². The molecule has 1 aromatic heterocycles. The third kappa shape index (κ3) is 3.62. The van der Waals surface area contributed by atoms with Crippen LogP contribution in [-0.2, 0) is 0 Å². The highest BCUT2D eigenvalue weighted by Gasteiger charge is 2.17. The van der Waals surface area contributed by atoms with E-state index in [1.807, 2.05) is 24.3 Å². The standard InChI is InChI=1S/C17H21ClN2OS/c18-15-13-7-3-4-8-14(13)22-16(15)17(21)19-9-12-20-10-5-1-2-6-11-20/h3-4,7-8H,1-2,5-6,9-12H2,(H,19,21). The van der Waals surface area contributed by atoms with Gasteiger partial charge in [0, 0.05) is 23.2 Å². The lowest BCUT2D eigenvalue weighted by Gasteiger charge is -2.19. The Hall–Kier alpha value is -1.10. The molecule has 2 aromatic rings. The van der Waals surface area contributed by atoms with E-state index in [1.54, 1.807) is 0 Å². The van der Waals surface area contributed by atoms with Crippen LogP contribution in [0.4, 0.5) is 0 Å². The van der Waals surface area contributed by atoms with Crippen LogP contribution < -0.4 is 5.32 Å². The first-order chi connectivity index (χ1) is 10.8. The molecule has 0 spiro atoms. The first kappa shape index (κ1) is 15.8. The monoisotopic (exact) mass is 336 g/mol. The molecule has 1 fully saturated rings. The number of nitrogens with one attached hydrogen (secondary N) is 1. The van der Waals surface area contributed by atoms with Crippen LogP contribution in [0.2, 0.25) is 5.02 Å². The van der Waals surface area contributed by atoms with Crippen molar-refractivity contribution in [2.75, 3.05) is 26.2 Å². The summed E-state index contributed by atoms with van der Waals surface area (Å²) in [5.41, 5.74) is 0. The molecule has 0 radical (unpaired) electrons. The number of rotatable bonds is 4. The van der Waals surface area contributed by atoms with Crippen molar-refractivity contribution in [3.63, 3.8) is 0 Å². The quantitative estimate of drug-likeness (QED) is 0.909. The van der Waals surface area contributed by atoms with Gasteiger partial charge in [0.1, 0.15) is 4.88 Å². The van der Waals surface area contributed by atoms with Crippen LogP contribution in [0.3, 0.4) is 0 Å². The minimum absolute atomic E-state index is 0.0546. The molecule has 0 saturated carbocycles. The molecule has 0 aliphatic carbocycles. The van der Waals surface area contributed by atoms with Crippen molar-refractivity contribution in [3.8, 4) is 0 Å². The average molecular weight is 337 g/mol. The van der Waals surface area contributed by atoms with Gasteiger partial charge in [0.2, 0.25) is 0 Å². The Kier molecular flexibility index (Phi) is 5.34. The topological polar surface area (TPSA) is 32.3 Å². The van der Waals surface area contributed by atoms with E-state index in [0.717, 1.165) is 29.7 Å². The highest BCUT2D eigenvalue weighted by Crippen LogP contribution is 2.34. The fourth-order valence-electron chi connectivity index (χ4n) is 2.93. The van der Waals surface area contributed by atoms with Gasteiger partial charge in [-0.3, -0.25) is 4.79 Å². The molecular formula is C17H21ClN2OS. The van der Waals surface area contributed by atoms with Crippen LogP contribution in [0, 0.1) is 0 Å². The number of halogens is 1. The lowest BCUT2D eigenvalue weighted by molar-refractivity contribution is 0.0953. The van der Waals surface area contributed by atoms with Crippen molar-refractivity contribution >= 4 is 38.9 Å². The molecule has 1 N–H and O–H groups in total. The fraction of sp³-hybridized carbons (Fsp3) is 0.471. The van der Waals surface area contributed by atoms with Crippen LogP contribution >= 0.6 is 22.9 Å². The van der Waals surface area contributed by atoms with E-state index in [9.17, 15) is 4.79 Å². The van der Waals surface area contributed by atoms with Crippen molar-refractivity contribution in [3.05, 3.63) is 34.2 Å². The summed E-state index contributed by atoms with van der Waals surface area (Å²) in [6.07, 6.45) is 5.21. The minimum atomic E-state index is -0.0546. The summed E-state index contributed by atoms with van der Waals surface area (Å²) in [5, 5.41) is 4.56. The van der Waals surface area contributed by atoms with E-state index in [1.165, 1.54) is 37.0 Å². The smallest absolute Gasteiger partial charge is 0.262 e. The van der Waals surface area contributed by atoms with Gasteiger partial charge in [0.05, 0.1) is 5.02 Å². The molecule has 118 valence electrons. The van der Waals surface area contributed by atoms with Crippen LogP contribution in [0.15, 0.2) is 24.3 Å². The third-order valence-corrected chi connectivity index (χ3v) is 5.83. The molecule has 5 heteroatoms. The molecule has 1 aromatic carbocycles. The highest BCUT2D eigenvalue weighted by atomic mass is 35.5.